The standard InChI is InChI=1S/C14H8ClNO2S/c15-10-5-3-4-9(8-10)13(17)19-14-16-11-6-1-2-7-12(11)18-14/h1-8H. The molecule has 3 aromatic rings. The van der Waals surface area contributed by atoms with E-state index in [1.54, 1.807) is 24.3 Å². The molecule has 5 heteroatoms. The maximum atomic E-state index is 12.0. The van der Waals surface area contributed by atoms with Crippen LogP contribution in [0, 0.1) is 0 Å². The fourth-order valence-corrected chi connectivity index (χ4v) is 2.52. The molecular formula is C14H8ClNO2S. The summed E-state index contributed by atoms with van der Waals surface area (Å²) >= 11 is 6.81. The highest BCUT2D eigenvalue weighted by Gasteiger charge is 2.13. The first kappa shape index (κ1) is 12.3. The number of rotatable bonds is 2. The van der Waals surface area contributed by atoms with Gasteiger partial charge in [-0.25, -0.2) is 4.98 Å². The van der Waals surface area contributed by atoms with E-state index < -0.39 is 0 Å². The lowest BCUT2D eigenvalue weighted by molar-refractivity contribution is 0.108. The summed E-state index contributed by atoms with van der Waals surface area (Å²) in [4.78, 5) is 16.3. The monoisotopic (exact) mass is 289 g/mol. The third kappa shape index (κ3) is 2.64. The minimum atomic E-state index is -0.144. The maximum Gasteiger partial charge on any atom is 0.264 e. The van der Waals surface area contributed by atoms with Gasteiger partial charge >= 0.3 is 0 Å². The first-order valence-corrected chi connectivity index (χ1v) is 6.75. The van der Waals surface area contributed by atoms with Crippen LogP contribution in [0.15, 0.2) is 58.2 Å². The number of hydrogen-bond acceptors (Lipinski definition) is 4. The van der Waals surface area contributed by atoms with Crippen LogP contribution in [-0.4, -0.2) is 10.1 Å². The molecule has 19 heavy (non-hydrogen) atoms. The number of hydrogen-bond donors (Lipinski definition) is 0. The Morgan fingerprint density at radius 3 is 2.79 bits per heavy atom. The van der Waals surface area contributed by atoms with Crippen LogP contribution < -0.4 is 0 Å². The SMILES string of the molecule is O=C(Sc1nc2ccccc2o1)c1cccc(Cl)c1. The molecule has 0 N–H and O–H groups in total. The van der Waals surface area contributed by atoms with Crippen LogP contribution in [0.4, 0.5) is 0 Å². The molecule has 1 heterocycles. The molecular weight excluding hydrogens is 282 g/mol. The normalized spacial score (nSPS) is 10.8. The lowest BCUT2D eigenvalue weighted by Crippen LogP contribution is -1.92. The Hall–Kier alpha value is -1.78. The van der Waals surface area contributed by atoms with Gasteiger partial charge in [-0.1, -0.05) is 35.9 Å². The zero-order chi connectivity index (χ0) is 13.2. The Balaban J connectivity index is 1.86. The molecule has 0 aliphatic carbocycles. The summed E-state index contributed by atoms with van der Waals surface area (Å²) in [6.45, 7) is 0. The van der Waals surface area contributed by atoms with Gasteiger partial charge in [0.25, 0.3) is 5.22 Å². The Bertz CT molecular complexity index is 721. The predicted octanol–water partition coefficient (Wildman–Crippen LogP) is 4.41. The number of nitrogens with zero attached hydrogens (tertiary/aromatic N) is 1. The van der Waals surface area contributed by atoms with Crippen molar-refractivity contribution in [3.05, 3.63) is 59.1 Å². The molecule has 0 radical (unpaired) electrons. The second-order valence-corrected chi connectivity index (χ2v) is 5.21. The Kier molecular flexibility index (Phi) is 3.27. The molecule has 0 unspecified atom stereocenters. The third-order valence-electron chi connectivity index (χ3n) is 2.51. The van der Waals surface area contributed by atoms with Gasteiger partial charge in [0, 0.05) is 22.3 Å². The molecule has 0 atom stereocenters. The van der Waals surface area contributed by atoms with Gasteiger partial charge in [-0.15, -0.1) is 0 Å². The van der Waals surface area contributed by atoms with Crippen LogP contribution >= 0.6 is 23.4 Å². The van der Waals surface area contributed by atoms with Crippen molar-refractivity contribution >= 4 is 39.6 Å². The lowest BCUT2D eigenvalue weighted by atomic mass is 10.2. The van der Waals surface area contributed by atoms with Crippen molar-refractivity contribution in [3.63, 3.8) is 0 Å². The van der Waals surface area contributed by atoms with Gasteiger partial charge in [-0.2, -0.15) is 0 Å². The molecule has 0 aliphatic rings. The van der Waals surface area contributed by atoms with Crippen LogP contribution in [-0.2, 0) is 0 Å². The van der Waals surface area contributed by atoms with Gasteiger partial charge in [0.1, 0.15) is 5.52 Å². The van der Waals surface area contributed by atoms with Crippen molar-refractivity contribution in [2.45, 2.75) is 5.22 Å². The largest absolute Gasteiger partial charge is 0.431 e. The molecule has 1 aromatic heterocycles. The topological polar surface area (TPSA) is 43.1 Å². The van der Waals surface area contributed by atoms with Crippen molar-refractivity contribution in [1.82, 2.24) is 4.98 Å². The van der Waals surface area contributed by atoms with E-state index >= 15 is 0 Å². The molecule has 2 aromatic carbocycles. The number of para-hydroxylation sites is 2. The Labute approximate surface area is 118 Å². The molecule has 94 valence electrons. The fourth-order valence-electron chi connectivity index (χ4n) is 1.65. The summed E-state index contributed by atoms with van der Waals surface area (Å²) < 4.78 is 5.49. The smallest absolute Gasteiger partial charge is 0.264 e. The van der Waals surface area contributed by atoms with Gasteiger partial charge < -0.3 is 4.42 Å². The van der Waals surface area contributed by atoms with Crippen LogP contribution in [0.25, 0.3) is 11.1 Å². The van der Waals surface area contributed by atoms with Crippen LogP contribution in [0.5, 0.6) is 0 Å². The third-order valence-corrected chi connectivity index (χ3v) is 3.52. The van der Waals surface area contributed by atoms with Crippen LogP contribution in [0.2, 0.25) is 5.02 Å². The van der Waals surface area contributed by atoms with E-state index in [0.29, 0.717) is 21.4 Å². The summed E-state index contributed by atoms with van der Waals surface area (Å²) in [5, 5.41) is 0.726. The van der Waals surface area contributed by atoms with E-state index in [0.717, 1.165) is 17.3 Å². The summed E-state index contributed by atoms with van der Waals surface area (Å²) in [6, 6.07) is 14.2. The molecule has 0 spiro atoms. The second kappa shape index (κ2) is 5.07. The average molecular weight is 290 g/mol. The minimum absolute atomic E-state index is 0.144. The highest BCUT2D eigenvalue weighted by molar-refractivity contribution is 8.14. The van der Waals surface area contributed by atoms with Gasteiger partial charge in [0.15, 0.2) is 5.58 Å². The van der Waals surface area contributed by atoms with Gasteiger partial charge in [0.05, 0.1) is 0 Å². The first-order chi connectivity index (χ1) is 9.22. The predicted molar refractivity (Wildman–Crippen MR) is 75.6 cm³/mol. The van der Waals surface area contributed by atoms with E-state index in [2.05, 4.69) is 4.98 Å². The van der Waals surface area contributed by atoms with Gasteiger partial charge in [-0.05, 0) is 24.3 Å². The van der Waals surface area contributed by atoms with Crippen molar-refractivity contribution in [1.29, 1.82) is 0 Å². The molecule has 3 nitrogen and oxygen atoms in total. The lowest BCUT2D eigenvalue weighted by Gasteiger charge is -1.97. The van der Waals surface area contributed by atoms with E-state index in [1.165, 1.54) is 0 Å². The van der Waals surface area contributed by atoms with Crippen LogP contribution in [0.3, 0.4) is 0 Å². The highest BCUT2D eigenvalue weighted by atomic mass is 35.5. The number of carbonyl (C=O) groups excluding carboxylic acids is 1. The Morgan fingerprint density at radius 2 is 2.00 bits per heavy atom. The van der Waals surface area contributed by atoms with Crippen molar-refractivity contribution in [3.8, 4) is 0 Å². The van der Waals surface area contributed by atoms with Gasteiger partial charge in [0.2, 0.25) is 5.12 Å². The molecule has 3 rings (SSSR count). The summed E-state index contributed by atoms with van der Waals surface area (Å²) in [5.74, 6) is 0. The molecule has 0 saturated carbocycles. The van der Waals surface area contributed by atoms with Crippen LogP contribution in [0.1, 0.15) is 10.4 Å². The Morgan fingerprint density at radius 1 is 1.16 bits per heavy atom. The number of thioether (sulfide) groups is 1. The van der Waals surface area contributed by atoms with Crippen molar-refractivity contribution < 1.29 is 9.21 Å². The van der Waals surface area contributed by atoms with E-state index in [4.69, 9.17) is 16.0 Å². The van der Waals surface area contributed by atoms with Gasteiger partial charge in [-0.3, -0.25) is 4.79 Å². The fraction of sp³-hybridized carbons (Fsp3) is 0. The van der Waals surface area contributed by atoms with Crippen molar-refractivity contribution in [2.75, 3.05) is 0 Å². The molecule has 0 fully saturated rings. The van der Waals surface area contributed by atoms with E-state index in [1.807, 2.05) is 24.3 Å². The molecule has 0 aliphatic heterocycles. The maximum absolute atomic E-state index is 12.0. The average Bonchev–Trinajstić information content (AvgIpc) is 2.80. The first-order valence-electron chi connectivity index (χ1n) is 5.56. The second-order valence-electron chi connectivity index (χ2n) is 3.85. The molecule has 0 saturated heterocycles. The summed E-state index contributed by atoms with van der Waals surface area (Å²) in [7, 11) is 0. The summed E-state index contributed by atoms with van der Waals surface area (Å²) in [5.41, 5.74) is 1.94. The summed E-state index contributed by atoms with van der Waals surface area (Å²) in [6.07, 6.45) is 0. The zero-order valence-corrected chi connectivity index (χ0v) is 11.2. The number of fused-ring (bicyclic) bond motifs is 1. The van der Waals surface area contributed by atoms with E-state index in [9.17, 15) is 4.79 Å². The minimum Gasteiger partial charge on any atom is -0.431 e. The highest BCUT2D eigenvalue weighted by Crippen LogP contribution is 2.26. The molecule has 0 bridgehead atoms. The molecule has 0 amide bonds. The number of benzene rings is 2. The number of aromatic nitrogens is 1. The van der Waals surface area contributed by atoms with E-state index in [-0.39, 0.29) is 5.12 Å². The zero-order valence-electron chi connectivity index (χ0n) is 9.67. The number of halogens is 1. The van der Waals surface area contributed by atoms with Crippen molar-refractivity contribution in [2.24, 2.45) is 0 Å². The number of carbonyl (C=O) groups is 1. The quantitative estimate of drug-likeness (QED) is 0.655. The number of oxazole rings is 1.